The fourth-order valence-electron chi connectivity index (χ4n) is 3.27. The van der Waals surface area contributed by atoms with E-state index >= 15 is 0 Å². The van der Waals surface area contributed by atoms with Gasteiger partial charge in [0.2, 0.25) is 0 Å². The lowest BCUT2D eigenvalue weighted by atomic mass is 9.72. The Morgan fingerprint density at radius 1 is 1.28 bits per heavy atom. The van der Waals surface area contributed by atoms with E-state index in [4.69, 9.17) is 0 Å². The van der Waals surface area contributed by atoms with E-state index in [1.54, 1.807) is 0 Å². The standard InChI is InChI=1S/C17H33N/c1-5-6-7-8-16-11-15(4)9-10-17(16)13-18-12-14(2)3/h5,14-18H,1,6-13H2,2-4H3. The molecule has 0 aliphatic heterocycles. The minimum Gasteiger partial charge on any atom is -0.316 e. The molecular weight excluding hydrogens is 218 g/mol. The Kier molecular flexibility index (Phi) is 7.65. The van der Waals surface area contributed by atoms with Gasteiger partial charge in [-0.25, -0.2) is 0 Å². The second-order valence-electron chi connectivity index (χ2n) is 6.71. The number of allylic oxidation sites excluding steroid dienone is 1. The van der Waals surface area contributed by atoms with Crippen LogP contribution in [0.2, 0.25) is 0 Å². The molecule has 0 amide bonds. The van der Waals surface area contributed by atoms with Gasteiger partial charge >= 0.3 is 0 Å². The van der Waals surface area contributed by atoms with Gasteiger partial charge in [-0.15, -0.1) is 6.58 Å². The van der Waals surface area contributed by atoms with Gasteiger partial charge in [0.1, 0.15) is 0 Å². The number of rotatable bonds is 8. The highest BCUT2D eigenvalue weighted by Crippen LogP contribution is 2.36. The lowest BCUT2D eigenvalue weighted by Crippen LogP contribution is -2.34. The number of hydrogen-bond donors (Lipinski definition) is 1. The lowest BCUT2D eigenvalue weighted by Gasteiger charge is -2.35. The predicted molar refractivity (Wildman–Crippen MR) is 81.8 cm³/mol. The molecule has 0 spiro atoms. The zero-order chi connectivity index (χ0) is 13.4. The number of unbranched alkanes of at least 4 members (excludes halogenated alkanes) is 1. The summed E-state index contributed by atoms with van der Waals surface area (Å²) in [5.41, 5.74) is 0. The van der Waals surface area contributed by atoms with Crippen molar-refractivity contribution in [3.63, 3.8) is 0 Å². The largest absolute Gasteiger partial charge is 0.316 e. The van der Waals surface area contributed by atoms with Gasteiger partial charge in [0.15, 0.2) is 0 Å². The molecule has 0 bridgehead atoms. The second-order valence-corrected chi connectivity index (χ2v) is 6.71. The smallest absolute Gasteiger partial charge is 0.00178 e. The van der Waals surface area contributed by atoms with Crippen molar-refractivity contribution in [1.82, 2.24) is 5.32 Å². The normalized spacial score (nSPS) is 28.6. The molecule has 0 aromatic carbocycles. The zero-order valence-corrected chi connectivity index (χ0v) is 12.8. The van der Waals surface area contributed by atoms with Crippen LogP contribution in [0.1, 0.15) is 59.3 Å². The average Bonchev–Trinajstić information content (AvgIpc) is 2.32. The predicted octanol–water partition coefficient (Wildman–Crippen LogP) is 4.64. The van der Waals surface area contributed by atoms with Gasteiger partial charge in [-0.05, 0) is 68.9 Å². The van der Waals surface area contributed by atoms with E-state index < -0.39 is 0 Å². The highest BCUT2D eigenvalue weighted by Gasteiger charge is 2.27. The minimum absolute atomic E-state index is 0.770. The summed E-state index contributed by atoms with van der Waals surface area (Å²) in [6.07, 6.45) is 10.3. The fourth-order valence-corrected chi connectivity index (χ4v) is 3.27. The van der Waals surface area contributed by atoms with Crippen LogP contribution in [-0.4, -0.2) is 13.1 Å². The average molecular weight is 251 g/mol. The van der Waals surface area contributed by atoms with Crippen LogP contribution in [0.25, 0.3) is 0 Å². The monoisotopic (exact) mass is 251 g/mol. The molecule has 0 aromatic heterocycles. The topological polar surface area (TPSA) is 12.0 Å². The Morgan fingerprint density at radius 3 is 2.72 bits per heavy atom. The van der Waals surface area contributed by atoms with E-state index in [1.807, 2.05) is 0 Å². The molecule has 1 aliphatic carbocycles. The Labute approximate surface area is 114 Å². The quantitative estimate of drug-likeness (QED) is 0.489. The van der Waals surface area contributed by atoms with Gasteiger partial charge < -0.3 is 5.32 Å². The first-order valence-corrected chi connectivity index (χ1v) is 7.95. The molecule has 1 fully saturated rings. The Morgan fingerprint density at radius 2 is 2.06 bits per heavy atom. The summed E-state index contributed by atoms with van der Waals surface area (Å²) in [7, 11) is 0. The SMILES string of the molecule is C=CCCCC1CC(C)CCC1CNCC(C)C. The summed E-state index contributed by atoms with van der Waals surface area (Å²) < 4.78 is 0. The van der Waals surface area contributed by atoms with Crippen LogP contribution in [0.15, 0.2) is 12.7 Å². The zero-order valence-electron chi connectivity index (χ0n) is 12.8. The molecule has 0 heterocycles. The molecule has 0 aromatic rings. The van der Waals surface area contributed by atoms with E-state index in [-0.39, 0.29) is 0 Å². The molecule has 3 unspecified atom stereocenters. The van der Waals surface area contributed by atoms with Crippen molar-refractivity contribution in [2.75, 3.05) is 13.1 Å². The fraction of sp³-hybridized carbons (Fsp3) is 0.882. The molecule has 106 valence electrons. The third kappa shape index (κ3) is 6.04. The van der Waals surface area contributed by atoms with Gasteiger partial charge in [0.05, 0.1) is 0 Å². The molecule has 1 saturated carbocycles. The van der Waals surface area contributed by atoms with E-state index in [0.717, 1.165) is 23.7 Å². The molecule has 1 nitrogen and oxygen atoms in total. The molecule has 3 atom stereocenters. The third-order valence-electron chi connectivity index (χ3n) is 4.34. The van der Waals surface area contributed by atoms with Crippen molar-refractivity contribution in [2.24, 2.45) is 23.7 Å². The van der Waals surface area contributed by atoms with Crippen LogP contribution in [0.3, 0.4) is 0 Å². The van der Waals surface area contributed by atoms with Crippen LogP contribution in [0.4, 0.5) is 0 Å². The Hall–Kier alpha value is -0.300. The summed E-state index contributed by atoms with van der Waals surface area (Å²) in [6.45, 7) is 13.3. The van der Waals surface area contributed by atoms with Crippen molar-refractivity contribution >= 4 is 0 Å². The molecule has 1 N–H and O–H groups in total. The summed E-state index contributed by atoms with van der Waals surface area (Å²) in [5.74, 6) is 3.59. The van der Waals surface area contributed by atoms with Crippen molar-refractivity contribution in [1.29, 1.82) is 0 Å². The van der Waals surface area contributed by atoms with Crippen LogP contribution in [0.5, 0.6) is 0 Å². The lowest BCUT2D eigenvalue weighted by molar-refractivity contribution is 0.171. The first-order valence-electron chi connectivity index (χ1n) is 7.95. The van der Waals surface area contributed by atoms with Crippen LogP contribution in [0, 0.1) is 23.7 Å². The van der Waals surface area contributed by atoms with Crippen molar-refractivity contribution in [3.05, 3.63) is 12.7 Å². The number of nitrogens with one attached hydrogen (secondary N) is 1. The van der Waals surface area contributed by atoms with E-state index in [2.05, 4.69) is 38.7 Å². The summed E-state index contributed by atoms with van der Waals surface area (Å²) in [4.78, 5) is 0. The van der Waals surface area contributed by atoms with E-state index in [9.17, 15) is 0 Å². The minimum atomic E-state index is 0.770. The maximum atomic E-state index is 3.83. The maximum absolute atomic E-state index is 3.83. The maximum Gasteiger partial charge on any atom is -0.00178 e. The summed E-state index contributed by atoms with van der Waals surface area (Å²) in [5, 5.41) is 3.67. The van der Waals surface area contributed by atoms with Crippen molar-refractivity contribution < 1.29 is 0 Å². The molecule has 18 heavy (non-hydrogen) atoms. The molecule has 1 heteroatoms. The summed E-state index contributed by atoms with van der Waals surface area (Å²) in [6, 6.07) is 0. The molecule has 0 radical (unpaired) electrons. The molecule has 1 rings (SSSR count). The van der Waals surface area contributed by atoms with Gasteiger partial charge in [-0.1, -0.05) is 33.3 Å². The molecule has 0 saturated heterocycles. The number of hydrogen-bond acceptors (Lipinski definition) is 1. The molecule has 1 aliphatic rings. The van der Waals surface area contributed by atoms with Gasteiger partial charge in [-0.3, -0.25) is 0 Å². The summed E-state index contributed by atoms with van der Waals surface area (Å²) >= 11 is 0. The first-order chi connectivity index (χ1) is 8.63. The Bertz CT molecular complexity index is 222. The van der Waals surface area contributed by atoms with Gasteiger partial charge in [0.25, 0.3) is 0 Å². The van der Waals surface area contributed by atoms with Gasteiger partial charge in [-0.2, -0.15) is 0 Å². The van der Waals surface area contributed by atoms with Crippen molar-refractivity contribution in [3.8, 4) is 0 Å². The third-order valence-corrected chi connectivity index (χ3v) is 4.34. The highest BCUT2D eigenvalue weighted by molar-refractivity contribution is 4.81. The van der Waals surface area contributed by atoms with Crippen LogP contribution >= 0.6 is 0 Å². The highest BCUT2D eigenvalue weighted by atomic mass is 14.9. The second kappa shape index (κ2) is 8.74. The van der Waals surface area contributed by atoms with Crippen LogP contribution in [-0.2, 0) is 0 Å². The van der Waals surface area contributed by atoms with E-state index in [1.165, 1.54) is 51.6 Å². The first kappa shape index (κ1) is 15.8. The van der Waals surface area contributed by atoms with Crippen molar-refractivity contribution in [2.45, 2.75) is 59.3 Å². The van der Waals surface area contributed by atoms with Crippen LogP contribution < -0.4 is 5.32 Å². The Balaban J connectivity index is 2.32. The van der Waals surface area contributed by atoms with Gasteiger partial charge in [0, 0.05) is 0 Å². The van der Waals surface area contributed by atoms with E-state index in [0.29, 0.717) is 0 Å². The molecular formula is C17H33N.